The molecule has 0 unspecified atom stereocenters. The van der Waals surface area contributed by atoms with Crippen molar-refractivity contribution in [3.8, 4) is 0 Å². The summed E-state index contributed by atoms with van der Waals surface area (Å²) in [5, 5.41) is 8.66. The van der Waals surface area contributed by atoms with Gasteiger partial charge in [0, 0.05) is 0 Å². The molecular weight excluding hydrogens is 183 g/mol. The smallest absolute Gasteiger partial charge is 0.307 e. The molecule has 1 aromatic carbocycles. The van der Waals surface area contributed by atoms with E-state index in [-0.39, 0.29) is 6.42 Å². The Bertz CT molecular complexity index is 369. The number of hydrogen-bond acceptors (Lipinski definition) is 1. The molecule has 0 radical (unpaired) electrons. The molecule has 1 aliphatic rings. The van der Waals surface area contributed by atoms with Crippen molar-refractivity contribution in [2.75, 3.05) is 0 Å². The summed E-state index contributed by atoms with van der Waals surface area (Å²) < 4.78 is 13.8. The summed E-state index contributed by atoms with van der Waals surface area (Å²) in [6, 6.07) is 6.86. The highest BCUT2D eigenvalue weighted by molar-refractivity contribution is 5.71. The van der Waals surface area contributed by atoms with Crippen LogP contribution in [-0.4, -0.2) is 11.1 Å². The Kier molecular flexibility index (Phi) is 2.02. The van der Waals surface area contributed by atoms with Gasteiger partial charge < -0.3 is 5.11 Å². The Hall–Kier alpha value is -1.38. The predicted octanol–water partition coefficient (Wildman–Crippen LogP) is 2.27. The van der Waals surface area contributed by atoms with Gasteiger partial charge in [0.1, 0.15) is 5.67 Å². The molecule has 0 aromatic heterocycles. The molecule has 0 aliphatic heterocycles. The quantitative estimate of drug-likeness (QED) is 0.801. The van der Waals surface area contributed by atoms with E-state index in [0.717, 1.165) is 0 Å². The molecule has 14 heavy (non-hydrogen) atoms. The number of benzene rings is 1. The molecule has 1 aromatic rings. The Morgan fingerprint density at radius 3 is 2.64 bits per heavy atom. The second kappa shape index (κ2) is 3.08. The number of rotatable bonds is 3. The van der Waals surface area contributed by atoms with E-state index in [9.17, 15) is 9.18 Å². The lowest BCUT2D eigenvalue weighted by atomic mass is 9.99. The van der Waals surface area contributed by atoms with Gasteiger partial charge in [-0.15, -0.1) is 0 Å². The van der Waals surface area contributed by atoms with Crippen LogP contribution in [0.1, 0.15) is 24.0 Å². The van der Waals surface area contributed by atoms with E-state index in [2.05, 4.69) is 0 Å². The number of carbonyl (C=O) groups is 1. The van der Waals surface area contributed by atoms with E-state index in [4.69, 9.17) is 5.11 Å². The predicted molar refractivity (Wildman–Crippen MR) is 49.8 cm³/mol. The molecule has 74 valence electrons. The van der Waals surface area contributed by atoms with Crippen molar-refractivity contribution in [3.63, 3.8) is 0 Å². The van der Waals surface area contributed by atoms with E-state index >= 15 is 0 Å². The molecule has 3 heteroatoms. The largest absolute Gasteiger partial charge is 0.481 e. The molecular formula is C11H11FO2. The number of carboxylic acid groups (broad SMARTS) is 1. The van der Waals surface area contributed by atoms with Gasteiger partial charge in [-0.3, -0.25) is 4.79 Å². The van der Waals surface area contributed by atoms with E-state index in [1.807, 2.05) is 0 Å². The molecule has 1 N–H and O–H groups in total. The molecule has 0 heterocycles. The molecule has 1 aliphatic carbocycles. The average molecular weight is 194 g/mol. The first-order valence-electron chi connectivity index (χ1n) is 4.61. The van der Waals surface area contributed by atoms with Crippen LogP contribution >= 0.6 is 0 Å². The summed E-state index contributed by atoms with van der Waals surface area (Å²) >= 11 is 0. The van der Waals surface area contributed by atoms with Crippen LogP contribution in [0.15, 0.2) is 24.3 Å². The van der Waals surface area contributed by atoms with Gasteiger partial charge in [0.25, 0.3) is 0 Å². The molecule has 0 bridgehead atoms. The fourth-order valence-corrected chi connectivity index (χ4v) is 1.65. The molecule has 1 saturated carbocycles. The van der Waals surface area contributed by atoms with Gasteiger partial charge in [0.2, 0.25) is 0 Å². The highest BCUT2D eigenvalue weighted by atomic mass is 19.1. The van der Waals surface area contributed by atoms with Crippen molar-refractivity contribution < 1.29 is 14.3 Å². The first kappa shape index (κ1) is 9.19. The van der Waals surface area contributed by atoms with Crippen molar-refractivity contribution in [1.29, 1.82) is 0 Å². The topological polar surface area (TPSA) is 37.3 Å². The van der Waals surface area contributed by atoms with Crippen molar-refractivity contribution in [1.82, 2.24) is 0 Å². The SMILES string of the molecule is O=C(O)Cc1ccccc1C1(F)CC1. The summed E-state index contributed by atoms with van der Waals surface area (Å²) in [6.45, 7) is 0. The third kappa shape index (κ3) is 1.62. The van der Waals surface area contributed by atoms with Crippen LogP contribution in [0.5, 0.6) is 0 Å². The number of hydrogen-bond donors (Lipinski definition) is 1. The molecule has 0 atom stereocenters. The number of aliphatic carboxylic acids is 1. The lowest BCUT2D eigenvalue weighted by Gasteiger charge is -2.10. The molecule has 0 spiro atoms. The zero-order chi connectivity index (χ0) is 10.2. The summed E-state index contributed by atoms with van der Waals surface area (Å²) in [5.74, 6) is -0.915. The highest BCUT2D eigenvalue weighted by Crippen LogP contribution is 2.50. The van der Waals surface area contributed by atoms with Gasteiger partial charge in [-0.05, 0) is 24.0 Å². The zero-order valence-electron chi connectivity index (χ0n) is 7.66. The molecule has 0 amide bonds. The lowest BCUT2D eigenvalue weighted by Crippen LogP contribution is -2.08. The maximum Gasteiger partial charge on any atom is 0.307 e. The monoisotopic (exact) mass is 194 g/mol. The minimum absolute atomic E-state index is 0.0954. The number of halogens is 1. The second-order valence-corrected chi connectivity index (χ2v) is 3.69. The van der Waals surface area contributed by atoms with Crippen molar-refractivity contribution >= 4 is 5.97 Å². The third-order valence-corrected chi connectivity index (χ3v) is 2.53. The fourth-order valence-electron chi connectivity index (χ4n) is 1.65. The van der Waals surface area contributed by atoms with Crippen molar-refractivity contribution in [2.45, 2.75) is 24.9 Å². The summed E-state index contributed by atoms with van der Waals surface area (Å²) in [6.07, 6.45) is 0.940. The fraction of sp³-hybridized carbons (Fsp3) is 0.364. The Balaban J connectivity index is 2.34. The minimum Gasteiger partial charge on any atom is -0.481 e. The van der Waals surface area contributed by atoms with E-state index in [1.165, 1.54) is 0 Å². The average Bonchev–Trinajstić information content (AvgIpc) is 2.84. The first-order chi connectivity index (χ1) is 6.62. The van der Waals surface area contributed by atoms with Crippen LogP contribution in [0, 0.1) is 0 Å². The highest BCUT2D eigenvalue weighted by Gasteiger charge is 2.46. The summed E-state index contributed by atoms with van der Waals surface area (Å²) in [5.41, 5.74) is -0.0890. The van der Waals surface area contributed by atoms with Gasteiger partial charge in [-0.2, -0.15) is 0 Å². The van der Waals surface area contributed by atoms with Crippen LogP contribution < -0.4 is 0 Å². The first-order valence-corrected chi connectivity index (χ1v) is 4.61. The van der Waals surface area contributed by atoms with Crippen LogP contribution in [0.4, 0.5) is 4.39 Å². The molecule has 2 nitrogen and oxygen atoms in total. The number of alkyl halides is 1. The second-order valence-electron chi connectivity index (χ2n) is 3.69. The Labute approximate surface area is 81.4 Å². The summed E-state index contributed by atoms with van der Waals surface area (Å²) in [7, 11) is 0. The van der Waals surface area contributed by atoms with Crippen LogP contribution in [0.3, 0.4) is 0 Å². The third-order valence-electron chi connectivity index (χ3n) is 2.53. The van der Waals surface area contributed by atoms with E-state index < -0.39 is 11.6 Å². The Morgan fingerprint density at radius 1 is 1.43 bits per heavy atom. The zero-order valence-corrected chi connectivity index (χ0v) is 7.66. The minimum atomic E-state index is -1.24. The Morgan fingerprint density at radius 2 is 2.07 bits per heavy atom. The van der Waals surface area contributed by atoms with Gasteiger partial charge >= 0.3 is 5.97 Å². The number of carboxylic acids is 1. The van der Waals surface area contributed by atoms with Crippen LogP contribution in [0.2, 0.25) is 0 Å². The molecule has 0 saturated heterocycles. The lowest BCUT2D eigenvalue weighted by molar-refractivity contribution is -0.136. The van der Waals surface area contributed by atoms with Crippen LogP contribution in [0.25, 0.3) is 0 Å². The van der Waals surface area contributed by atoms with Gasteiger partial charge in [0.15, 0.2) is 0 Å². The van der Waals surface area contributed by atoms with E-state index in [0.29, 0.717) is 24.0 Å². The molecule has 2 rings (SSSR count). The summed E-state index contributed by atoms with van der Waals surface area (Å²) in [4.78, 5) is 10.5. The maximum absolute atomic E-state index is 13.8. The van der Waals surface area contributed by atoms with Gasteiger partial charge in [-0.25, -0.2) is 4.39 Å². The molecule has 1 fully saturated rings. The standard InChI is InChI=1S/C11H11FO2/c12-11(5-6-11)9-4-2-1-3-8(9)7-10(13)14/h1-4H,5-7H2,(H,13,14). The maximum atomic E-state index is 13.8. The van der Waals surface area contributed by atoms with Crippen LogP contribution in [-0.2, 0) is 16.9 Å². The van der Waals surface area contributed by atoms with Gasteiger partial charge in [-0.1, -0.05) is 24.3 Å². The van der Waals surface area contributed by atoms with Gasteiger partial charge in [0.05, 0.1) is 6.42 Å². The van der Waals surface area contributed by atoms with E-state index in [1.54, 1.807) is 24.3 Å². The normalized spacial score (nSPS) is 17.8. The van der Waals surface area contributed by atoms with Crippen molar-refractivity contribution in [3.05, 3.63) is 35.4 Å². The van der Waals surface area contributed by atoms with Crippen molar-refractivity contribution in [2.24, 2.45) is 0 Å².